The molecule has 1 heterocycles. The minimum absolute atomic E-state index is 0.0905. The van der Waals surface area contributed by atoms with Crippen molar-refractivity contribution in [1.29, 1.82) is 0 Å². The highest BCUT2D eigenvalue weighted by atomic mass is 16.1. The highest BCUT2D eigenvalue weighted by Gasteiger charge is 2.18. The van der Waals surface area contributed by atoms with E-state index in [1.807, 2.05) is 56.4 Å². The van der Waals surface area contributed by atoms with Crippen molar-refractivity contribution in [2.75, 3.05) is 0 Å². The average molecular weight is 335 g/mol. The molecular weight excluding hydrogens is 314 g/mol. The second-order valence-corrected chi connectivity index (χ2v) is 6.19. The molecule has 0 unspecified atom stereocenters. The number of allylic oxidation sites excluding steroid dienone is 5. The van der Waals surface area contributed by atoms with Gasteiger partial charge >= 0.3 is 0 Å². The molecule has 1 aromatic heterocycles. The van der Waals surface area contributed by atoms with Gasteiger partial charge in [0.25, 0.3) is 5.56 Å². The van der Waals surface area contributed by atoms with Crippen molar-refractivity contribution in [2.24, 2.45) is 0 Å². The molecule has 128 valence electrons. The predicted octanol–water partition coefficient (Wildman–Crippen LogP) is 3.06. The molecule has 0 saturated carbocycles. The first-order valence-electron chi connectivity index (χ1n) is 8.19. The summed E-state index contributed by atoms with van der Waals surface area (Å²) in [6.45, 7) is 5.78. The van der Waals surface area contributed by atoms with Crippen LogP contribution in [0, 0.1) is 20.8 Å². The van der Waals surface area contributed by atoms with Gasteiger partial charge in [-0.05, 0) is 38.0 Å². The zero-order valence-electron chi connectivity index (χ0n) is 14.6. The Morgan fingerprint density at radius 3 is 2.76 bits per heavy atom. The first-order valence-corrected chi connectivity index (χ1v) is 8.19. The van der Waals surface area contributed by atoms with Crippen molar-refractivity contribution in [2.45, 2.75) is 27.2 Å². The van der Waals surface area contributed by atoms with Gasteiger partial charge in [0.05, 0.1) is 11.4 Å². The zero-order chi connectivity index (χ0) is 18.0. The number of nitrogens with one attached hydrogen (secondary N) is 2. The monoisotopic (exact) mass is 335 g/mol. The number of benzene rings is 1. The van der Waals surface area contributed by atoms with Crippen LogP contribution in [0.4, 0.5) is 0 Å². The molecule has 0 aliphatic heterocycles. The van der Waals surface area contributed by atoms with Gasteiger partial charge in [-0.2, -0.15) is 0 Å². The van der Waals surface area contributed by atoms with Crippen LogP contribution >= 0.6 is 0 Å². The molecule has 1 aliphatic rings. The van der Waals surface area contributed by atoms with Crippen LogP contribution in [0.2, 0.25) is 0 Å². The Labute approximate surface area is 146 Å². The maximum absolute atomic E-state index is 12.8. The molecule has 1 aliphatic carbocycles. The number of aromatic nitrogens is 2. The molecule has 2 N–H and O–H groups in total. The van der Waals surface area contributed by atoms with E-state index in [0.29, 0.717) is 18.4 Å². The number of hydrogen-bond donors (Lipinski definition) is 2. The second kappa shape index (κ2) is 6.81. The lowest BCUT2D eigenvalue weighted by Crippen LogP contribution is -2.16. The fourth-order valence-electron chi connectivity index (χ4n) is 2.98. The van der Waals surface area contributed by atoms with Crippen LogP contribution in [0.15, 0.2) is 53.0 Å². The standard InChI is InChI=1S/C20H21N3O2/c1-13-9-10-14(2)18(11-13)23-20(25)15(3)19(22-23)16-7-5-4-6-8-17(16)21-12-24/h4-7,9-12,22H,8H2,1-3H3,(H,21,24). The summed E-state index contributed by atoms with van der Waals surface area (Å²) in [5, 5.41) is 5.99. The Hall–Kier alpha value is -3.08. The molecule has 0 bridgehead atoms. The van der Waals surface area contributed by atoms with Gasteiger partial charge in [0, 0.05) is 23.3 Å². The minimum Gasteiger partial charge on any atom is -0.331 e. The van der Waals surface area contributed by atoms with Crippen LogP contribution in [-0.2, 0) is 4.79 Å². The van der Waals surface area contributed by atoms with E-state index < -0.39 is 0 Å². The molecule has 25 heavy (non-hydrogen) atoms. The summed E-state index contributed by atoms with van der Waals surface area (Å²) in [7, 11) is 0. The van der Waals surface area contributed by atoms with Crippen molar-refractivity contribution in [3.8, 4) is 5.69 Å². The van der Waals surface area contributed by atoms with Crippen LogP contribution in [0.1, 0.15) is 28.8 Å². The lowest BCUT2D eigenvalue weighted by molar-refractivity contribution is -0.108. The van der Waals surface area contributed by atoms with Crippen LogP contribution in [0.25, 0.3) is 11.3 Å². The zero-order valence-corrected chi connectivity index (χ0v) is 14.6. The van der Waals surface area contributed by atoms with Crippen molar-refractivity contribution in [3.05, 3.63) is 80.9 Å². The van der Waals surface area contributed by atoms with E-state index in [1.165, 1.54) is 0 Å². The number of carbonyl (C=O) groups is 1. The summed E-state index contributed by atoms with van der Waals surface area (Å²) in [5.41, 5.74) is 5.75. The van der Waals surface area contributed by atoms with Crippen molar-refractivity contribution in [3.63, 3.8) is 0 Å². The highest BCUT2D eigenvalue weighted by molar-refractivity contribution is 5.79. The molecular formula is C20H21N3O2. The SMILES string of the molecule is Cc1ccc(C)c(-n2[nH]c(C3=C(NC=O)CC=CC=C3)c(C)c2=O)c1. The number of aryl methyl sites for hydroxylation is 2. The predicted molar refractivity (Wildman–Crippen MR) is 99.6 cm³/mol. The van der Waals surface area contributed by atoms with Crippen LogP contribution in [0.5, 0.6) is 0 Å². The third kappa shape index (κ3) is 3.13. The number of rotatable bonds is 4. The summed E-state index contributed by atoms with van der Waals surface area (Å²) >= 11 is 0. The summed E-state index contributed by atoms with van der Waals surface area (Å²) in [6.07, 6.45) is 8.95. The largest absolute Gasteiger partial charge is 0.331 e. The van der Waals surface area contributed by atoms with Gasteiger partial charge in [-0.25, -0.2) is 4.68 Å². The molecule has 0 fully saturated rings. The van der Waals surface area contributed by atoms with Gasteiger partial charge < -0.3 is 5.32 Å². The molecule has 3 rings (SSSR count). The molecule has 1 amide bonds. The van der Waals surface area contributed by atoms with Crippen LogP contribution in [0.3, 0.4) is 0 Å². The maximum atomic E-state index is 12.8. The molecule has 0 atom stereocenters. The van der Waals surface area contributed by atoms with Gasteiger partial charge in [-0.15, -0.1) is 0 Å². The van der Waals surface area contributed by atoms with Crippen molar-refractivity contribution < 1.29 is 4.79 Å². The Bertz CT molecular complexity index is 971. The second-order valence-electron chi connectivity index (χ2n) is 6.19. The number of hydrogen-bond acceptors (Lipinski definition) is 2. The van der Waals surface area contributed by atoms with E-state index in [4.69, 9.17) is 0 Å². The van der Waals surface area contributed by atoms with E-state index in [9.17, 15) is 9.59 Å². The number of nitrogens with zero attached hydrogens (tertiary/aromatic N) is 1. The first kappa shape index (κ1) is 16.8. The number of amides is 1. The number of H-pyrrole nitrogens is 1. The lowest BCUT2D eigenvalue weighted by Gasteiger charge is -2.10. The third-order valence-corrected chi connectivity index (χ3v) is 4.39. The van der Waals surface area contributed by atoms with Gasteiger partial charge in [-0.1, -0.05) is 36.4 Å². The van der Waals surface area contributed by atoms with Crippen LogP contribution in [-0.4, -0.2) is 16.2 Å². The maximum Gasteiger partial charge on any atom is 0.274 e. The Kier molecular flexibility index (Phi) is 4.57. The summed E-state index contributed by atoms with van der Waals surface area (Å²) in [5.74, 6) is 0. The quantitative estimate of drug-likeness (QED) is 0.843. The van der Waals surface area contributed by atoms with Gasteiger partial charge in [-0.3, -0.25) is 14.7 Å². The summed E-state index contributed by atoms with van der Waals surface area (Å²) in [6, 6.07) is 6.01. The van der Waals surface area contributed by atoms with E-state index in [0.717, 1.165) is 33.8 Å². The summed E-state index contributed by atoms with van der Waals surface area (Å²) in [4.78, 5) is 23.8. The Morgan fingerprint density at radius 2 is 2.00 bits per heavy atom. The van der Waals surface area contributed by atoms with E-state index >= 15 is 0 Å². The topological polar surface area (TPSA) is 66.9 Å². The Balaban J connectivity index is 2.21. The molecule has 0 saturated heterocycles. The fraction of sp³-hybridized carbons (Fsp3) is 0.200. The van der Waals surface area contributed by atoms with Crippen molar-refractivity contribution in [1.82, 2.24) is 15.1 Å². The smallest absolute Gasteiger partial charge is 0.274 e. The molecule has 0 radical (unpaired) electrons. The molecule has 1 aromatic carbocycles. The highest BCUT2D eigenvalue weighted by Crippen LogP contribution is 2.24. The Morgan fingerprint density at radius 1 is 1.20 bits per heavy atom. The van der Waals surface area contributed by atoms with Gasteiger partial charge in [0.15, 0.2) is 0 Å². The lowest BCUT2D eigenvalue weighted by atomic mass is 10.1. The minimum atomic E-state index is -0.0905. The van der Waals surface area contributed by atoms with Gasteiger partial charge in [0.1, 0.15) is 0 Å². The van der Waals surface area contributed by atoms with E-state index in [2.05, 4.69) is 10.4 Å². The molecule has 5 heteroatoms. The van der Waals surface area contributed by atoms with E-state index in [-0.39, 0.29) is 5.56 Å². The third-order valence-electron chi connectivity index (χ3n) is 4.39. The summed E-state index contributed by atoms with van der Waals surface area (Å²) < 4.78 is 1.57. The average Bonchev–Trinajstić information content (AvgIpc) is 2.77. The number of aromatic amines is 1. The fourth-order valence-corrected chi connectivity index (χ4v) is 2.98. The first-order chi connectivity index (χ1) is 12.0. The number of carbonyl (C=O) groups excluding carboxylic acids is 1. The molecule has 5 nitrogen and oxygen atoms in total. The van der Waals surface area contributed by atoms with E-state index in [1.54, 1.807) is 11.6 Å². The van der Waals surface area contributed by atoms with Crippen molar-refractivity contribution >= 4 is 12.0 Å². The molecule has 2 aromatic rings. The molecule has 0 spiro atoms. The van der Waals surface area contributed by atoms with Crippen LogP contribution < -0.4 is 10.9 Å². The van der Waals surface area contributed by atoms with Gasteiger partial charge in [0.2, 0.25) is 6.41 Å². The normalized spacial score (nSPS) is 13.9.